The summed E-state index contributed by atoms with van der Waals surface area (Å²) in [5.41, 5.74) is 3.26. The molecule has 0 spiro atoms. The predicted octanol–water partition coefficient (Wildman–Crippen LogP) is 2.89. The van der Waals surface area contributed by atoms with E-state index in [1.165, 1.54) is 18.2 Å². The van der Waals surface area contributed by atoms with Gasteiger partial charge in [0.05, 0.1) is 4.92 Å². The van der Waals surface area contributed by atoms with Gasteiger partial charge < -0.3 is 0 Å². The minimum absolute atomic E-state index is 0.0351. The SMILES string of the molecule is CCC1CCCC1=NNC(=O)c1ccccc1[N+](=O)[O-]. The molecule has 1 aromatic carbocycles. The molecule has 1 aliphatic rings. The van der Waals surface area contributed by atoms with E-state index < -0.39 is 10.8 Å². The molecule has 0 aliphatic heterocycles. The van der Waals surface area contributed by atoms with Gasteiger partial charge in [-0.3, -0.25) is 14.9 Å². The van der Waals surface area contributed by atoms with Gasteiger partial charge in [0.15, 0.2) is 0 Å². The molecule has 1 aromatic rings. The third kappa shape index (κ3) is 3.01. The second kappa shape index (κ2) is 6.27. The normalized spacial score (nSPS) is 20.1. The number of nitrogens with one attached hydrogen (secondary N) is 1. The van der Waals surface area contributed by atoms with E-state index in [9.17, 15) is 14.9 Å². The molecule has 1 amide bonds. The van der Waals surface area contributed by atoms with Crippen LogP contribution in [0.3, 0.4) is 0 Å². The quantitative estimate of drug-likeness (QED) is 0.677. The summed E-state index contributed by atoms with van der Waals surface area (Å²) >= 11 is 0. The highest BCUT2D eigenvalue weighted by molar-refractivity contribution is 5.99. The van der Waals surface area contributed by atoms with Gasteiger partial charge in [0, 0.05) is 11.8 Å². The van der Waals surface area contributed by atoms with Gasteiger partial charge in [-0.15, -0.1) is 0 Å². The van der Waals surface area contributed by atoms with Gasteiger partial charge in [-0.05, 0) is 37.7 Å². The molecule has 1 fully saturated rings. The fourth-order valence-corrected chi connectivity index (χ4v) is 2.49. The average molecular weight is 275 g/mol. The maximum atomic E-state index is 12.0. The first-order chi connectivity index (χ1) is 9.63. The van der Waals surface area contributed by atoms with Crippen molar-refractivity contribution in [2.75, 3.05) is 0 Å². The van der Waals surface area contributed by atoms with Crippen LogP contribution in [0.1, 0.15) is 43.0 Å². The fourth-order valence-electron chi connectivity index (χ4n) is 2.49. The molecule has 0 heterocycles. The highest BCUT2D eigenvalue weighted by Crippen LogP contribution is 2.25. The summed E-state index contributed by atoms with van der Waals surface area (Å²) in [6.45, 7) is 2.09. The lowest BCUT2D eigenvalue weighted by atomic mass is 10.0. The van der Waals surface area contributed by atoms with Crippen molar-refractivity contribution in [1.82, 2.24) is 5.43 Å². The van der Waals surface area contributed by atoms with Crippen molar-refractivity contribution in [1.29, 1.82) is 0 Å². The molecule has 1 aliphatic carbocycles. The molecule has 0 bridgehead atoms. The van der Waals surface area contributed by atoms with Gasteiger partial charge in [-0.25, -0.2) is 5.43 Å². The third-order valence-corrected chi connectivity index (χ3v) is 3.60. The lowest BCUT2D eigenvalue weighted by Crippen LogP contribution is -2.21. The zero-order valence-corrected chi connectivity index (χ0v) is 11.3. The number of rotatable bonds is 4. The minimum Gasteiger partial charge on any atom is -0.267 e. The molecule has 1 saturated carbocycles. The number of benzene rings is 1. The van der Waals surface area contributed by atoms with E-state index in [-0.39, 0.29) is 11.3 Å². The summed E-state index contributed by atoms with van der Waals surface area (Å²) < 4.78 is 0. The second-order valence-corrected chi connectivity index (χ2v) is 4.82. The van der Waals surface area contributed by atoms with Gasteiger partial charge in [-0.2, -0.15) is 5.10 Å². The van der Waals surface area contributed by atoms with Crippen molar-refractivity contribution in [3.8, 4) is 0 Å². The van der Waals surface area contributed by atoms with E-state index in [0.29, 0.717) is 5.92 Å². The first kappa shape index (κ1) is 14.2. The Morgan fingerprint density at radius 3 is 2.95 bits per heavy atom. The van der Waals surface area contributed by atoms with Crippen LogP contribution in [-0.4, -0.2) is 16.5 Å². The largest absolute Gasteiger partial charge is 0.282 e. The van der Waals surface area contributed by atoms with Crippen molar-refractivity contribution in [2.45, 2.75) is 32.6 Å². The summed E-state index contributed by atoms with van der Waals surface area (Å²) in [7, 11) is 0. The molecule has 6 heteroatoms. The molecule has 6 nitrogen and oxygen atoms in total. The maximum Gasteiger partial charge on any atom is 0.282 e. The lowest BCUT2D eigenvalue weighted by Gasteiger charge is -2.07. The van der Waals surface area contributed by atoms with Crippen LogP contribution in [0.2, 0.25) is 0 Å². The van der Waals surface area contributed by atoms with Gasteiger partial charge in [0.25, 0.3) is 11.6 Å². The molecule has 1 atom stereocenters. The number of carbonyl (C=O) groups excluding carboxylic acids is 1. The van der Waals surface area contributed by atoms with Crippen molar-refractivity contribution in [3.05, 3.63) is 39.9 Å². The average Bonchev–Trinajstić information content (AvgIpc) is 2.92. The molecular formula is C14H17N3O3. The first-order valence-electron chi connectivity index (χ1n) is 6.73. The number of hydrogen-bond donors (Lipinski definition) is 1. The number of carbonyl (C=O) groups is 1. The van der Waals surface area contributed by atoms with Crippen molar-refractivity contribution in [2.24, 2.45) is 11.0 Å². The number of hydrazone groups is 1. The zero-order valence-electron chi connectivity index (χ0n) is 11.3. The van der Waals surface area contributed by atoms with Crippen LogP contribution in [0.25, 0.3) is 0 Å². The zero-order chi connectivity index (χ0) is 14.5. The summed E-state index contributed by atoms with van der Waals surface area (Å²) in [6, 6.07) is 5.87. The molecule has 0 aromatic heterocycles. The number of para-hydroxylation sites is 1. The Labute approximate surface area is 117 Å². The molecule has 0 radical (unpaired) electrons. The molecule has 2 rings (SSSR count). The first-order valence-corrected chi connectivity index (χ1v) is 6.73. The Hall–Kier alpha value is -2.24. The molecule has 1 unspecified atom stereocenters. The Kier molecular flexibility index (Phi) is 4.45. The van der Waals surface area contributed by atoms with E-state index in [4.69, 9.17) is 0 Å². The minimum atomic E-state index is -0.563. The van der Waals surface area contributed by atoms with Crippen molar-refractivity contribution in [3.63, 3.8) is 0 Å². The second-order valence-electron chi connectivity index (χ2n) is 4.82. The van der Waals surface area contributed by atoms with E-state index in [1.807, 2.05) is 0 Å². The smallest absolute Gasteiger partial charge is 0.267 e. The Morgan fingerprint density at radius 2 is 2.25 bits per heavy atom. The Balaban J connectivity index is 2.13. The van der Waals surface area contributed by atoms with Crippen molar-refractivity contribution < 1.29 is 9.72 Å². The molecule has 20 heavy (non-hydrogen) atoms. The van der Waals surface area contributed by atoms with Gasteiger partial charge >= 0.3 is 0 Å². The summed E-state index contributed by atoms with van der Waals surface area (Å²) in [5, 5.41) is 15.0. The standard InChI is InChI=1S/C14H17N3O3/c1-2-10-6-5-8-12(10)15-16-14(18)11-7-3-4-9-13(11)17(19)20/h3-4,7,9-10H,2,5-6,8H2,1H3,(H,16,18). The number of nitrogens with zero attached hydrogens (tertiary/aromatic N) is 2. The molecular weight excluding hydrogens is 258 g/mol. The van der Waals surface area contributed by atoms with Gasteiger partial charge in [-0.1, -0.05) is 19.1 Å². The molecule has 0 saturated heterocycles. The summed E-state index contributed by atoms with van der Waals surface area (Å²) in [4.78, 5) is 22.3. The maximum absolute atomic E-state index is 12.0. The lowest BCUT2D eigenvalue weighted by molar-refractivity contribution is -0.385. The van der Waals surface area contributed by atoms with Crippen LogP contribution in [0.4, 0.5) is 5.69 Å². The number of nitro benzene ring substituents is 1. The molecule has 1 N–H and O–H groups in total. The number of amides is 1. The monoisotopic (exact) mass is 275 g/mol. The Morgan fingerprint density at radius 1 is 1.50 bits per heavy atom. The van der Waals surface area contributed by atoms with Gasteiger partial charge in [0.2, 0.25) is 0 Å². The summed E-state index contributed by atoms with van der Waals surface area (Å²) in [5.74, 6) is -0.118. The topological polar surface area (TPSA) is 84.6 Å². The van der Waals surface area contributed by atoms with Crippen LogP contribution in [0.15, 0.2) is 29.4 Å². The highest BCUT2D eigenvalue weighted by atomic mass is 16.6. The third-order valence-electron chi connectivity index (χ3n) is 3.60. The highest BCUT2D eigenvalue weighted by Gasteiger charge is 2.22. The van der Waals surface area contributed by atoms with Gasteiger partial charge in [0.1, 0.15) is 5.56 Å². The van der Waals surface area contributed by atoms with Crippen LogP contribution >= 0.6 is 0 Å². The van der Waals surface area contributed by atoms with Crippen molar-refractivity contribution >= 4 is 17.3 Å². The van der Waals surface area contributed by atoms with E-state index in [1.54, 1.807) is 6.07 Å². The fraction of sp³-hybridized carbons (Fsp3) is 0.429. The van der Waals surface area contributed by atoms with E-state index in [2.05, 4.69) is 17.5 Å². The number of hydrogen-bond acceptors (Lipinski definition) is 4. The van der Waals surface area contributed by atoms with E-state index >= 15 is 0 Å². The van der Waals surface area contributed by atoms with Crippen LogP contribution in [0, 0.1) is 16.0 Å². The van der Waals surface area contributed by atoms with Crippen LogP contribution < -0.4 is 5.43 Å². The van der Waals surface area contributed by atoms with E-state index in [0.717, 1.165) is 31.4 Å². The number of nitro groups is 1. The Bertz CT molecular complexity index is 554. The summed E-state index contributed by atoms with van der Waals surface area (Å²) in [6.07, 6.45) is 4.06. The van der Waals surface area contributed by atoms with Crippen LogP contribution in [0.5, 0.6) is 0 Å². The van der Waals surface area contributed by atoms with Crippen LogP contribution in [-0.2, 0) is 0 Å². The predicted molar refractivity (Wildman–Crippen MR) is 75.6 cm³/mol. The molecule has 106 valence electrons.